The van der Waals surface area contributed by atoms with Crippen molar-refractivity contribution in [3.63, 3.8) is 0 Å². The first-order chi connectivity index (χ1) is 8.72. The fourth-order valence-electron chi connectivity index (χ4n) is 1.73. The molecule has 1 heterocycles. The van der Waals surface area contributed by atoms with Crippen LogP contribution in [0.3, 0.4) is 0 Å². The zero-order chi connectivity index (χ0) is 14.8. The van der Waals surface area contributed by atoms with Crippen molar-refractivity contribution in [2.45, 2.75) is 45.4 Å². The van der Waals surface area contributed by atoms with Crippen molar-refractivity contribution in [1.29, 1.82) is 0 Å². The summed E-state index contributed by atoms with van der Waals surface area (Å²) in [4.78, 5) is 12.0. The minimum atomic E-state index is -3.35. The van der Waals surface area contributed by atoms with Crippen LogP contribution in [0.2, 0.25) is 0 Å². The molecule has 0 radical (unpaired) electrons. The Balaban J connectivity index is 3.06. The molecule has 0 amide bonds. The molecule has 0 N–H and O–H groups in total. The van der Waals surface area contributed by atoms with Crippen LogP contribution in [0.25, 0.3) is 0 Å². The number of rotatable bonds is 6. The number of ketones is 1. The molecular formula is C12H19BrN2O3S. The number of carbonyl (C=O) groups excluding carboxylic acids is 1. The average Bonchev–Trinajstić information content (AvgIpc) is 2.64. The van der Waals surface area contributed by atoms with Crippen LogP contribution in [0.5, 0.6) is 0 Å². The fourth-order valence-corrected chi connectivity index (χ4v) is 3.00. The van der Waals surface area contributed by atoms with Gasteiger partial charge in [-0.2, -0.15) is 5.10 Å². The molecule has 5 nitrogen and oxygen atoms in total. The molecule has 0 saturated heterocycles. The number of hydrogen-bond donors (Lipinski definition) is 0. The van der Waals surface area contributed by atoms with Crippen LogP contribution in [0.15, 0.2) is 4.47 Å². The van der Waals surface area contributed by atoms with E-state index in [1.165, 1.54) is 6.92 Å². The first-order valence-electron chi connectivity index (χ1n) is 6.17. The van der Waals surface area contributed by atoms with Gasteiger partial charge in [-0.25, -0.2) is 8.42 Å². The van der Waals surface area contributed by atoms with Crippen LogP contribution in [0, 0.1) is 0 Å². The van der Waals surface area contributed by atoms with Crippen LogP contribution in [0.1, 0.15) is 32.2 Å². The van der Waals surface area contributed by atoms with Crippen molar-refractivity contribution in [2.24, 2.45) is 0 Å². The monoisotopic (exact) mass is 350 g/mol. The quantitative estimate of drug-likeness (QED) is 0.783. The summed E-state index contributed by atoms with van der Waals surface area (Å²) >= 11 is 3.45. The van der Waals surface area contributed by atoms with E-state index in [2.05, 4.69) is 21.0 Å². The third-order valence-electron chi connectivity index (χ3n) is 3.13. The molecule has 1 aromatic heterocycles. The van der Waals surface area contributed by atoms with Gasteiger partial charge in [0, 0.05) is 12.8 Å². The van der Waals surface area contributed by atoms with Crippen molar-refractivity contribution in [2.75, 3.05) is 6.26 Å². The predicted octanol–water partition coefficient (Wildman–Crippen LogP) is 1.77. The predicted molar refractivity (Wildman–Crippen MR) is 78.0 cm³/mol. The van der Waals surface area contributed by atoms with E-state index in [1.54, 1.807) is 4.68 Å². The fraction of sp³-hybridized carbons (Fsp3) is 0.667. The summed E-state index contributed by atoms with van der Waals surface area (Å²) in [6, 6.07) is 0. The van der Waals surface area contributed by atoms with Crippen LogP contribution in [0.4, 0.5) is 0 Å². The van der Waals surface area contributed by atoms with Gasteiger partial charge in [0.05, 0.1) is 22.3 Å². The van der Waals surface area contributed by atoms with E-state index in [0.29, 0.717) is 6.54 Å². The second-order valence-electron chi connectivity index (χ2n) is 4.49. The highest BCUT2D eigenvalue weighted by molar-refractivity contribution is 9.10. The molecular weight excluding hydrogens is 332 g/mol. The third-order valence-corrected chi connectivity index (χ3v) is 5.59. The molecule has 7 heteroatoms. The van der Waals surface area contributed by atoms with Gasteiger partial charge in [-0.1, -0.05) is 6.92 Å². The normalized spacial score (nSPS) is 13.5. The van der Waals surface area contributed by atoms with Crippen LogP contribution >= 0.6 is 15.9 Å². The molecule has 0 aliphatic rings. The number of hydrogen-bond acceptors (Lipinski definition) is 4. The summed E-state index contributed by atoms with van der Waals surface area (Å²) in [6.07, 6.45) is 1.92. The molecule has 0 aromatic carbocycles. The topological polar surface area (TPSA) is 69.0 Å². The van der Waals surface area contributed by atoms with Gasteiger partial charge in [0.25, 0.3) is 0 Å². The SMILES string of the molecule is CCc1nn(CC)c(CC(=O)C(C)S(C)(=O)=O)c1Br. The lowest BCUT2D eigenvalue weighted by Crippen LogP contribution is -2.28. The Kier molecular flexibility index (Phi) is 5.32. The second-order valence-corrected chi connectivity index (χ2v) is 7.65. The molecule has 0 bridgehead atoms. The molecule has 1 rings (SSSR count). The smallest absolute Gasteiger partial charge is 0.157 e. The highest BCUT2D eigenvalue weighted by Gasteiger charge is 2.26. The number of sulfone groups is 1. The molecule has 0 aliphatic heterocycles. The van der Waals surface area contributed by atoms with E-state index in [4.69, 9.17) is 0 Å². The van der Waals surface area contributed by atoms with E-state index in [9.17, 15) is 13.2 Å². The van der Waals surface area contributed by atoms with Gasteiger partial charge in [-0.15, -0.1) is 0 Å². The number of carbonyl (C=O) groups is 1. The molecule has 0 saturated carbocycles. The Labute approximate surface area is 122 Å². The van der Waals surface area contributed by atoms with Crippen LogP contribution in [-0.4, -0.2) is 35.5 Å². The molecule has 19 heavy (non-hydrogen) atoms. The Morgan fingerprint density at radius 2 is 2.00 bits per heavy atom. The third kappa shape index (κ3) is 3.66. The first kappa shape index (κ1) is 16.4. The Morgan fingerprint density at radius 3 is 2.42 bits per heavy atom. The van der Waals surface area contributed by atoms with E-state index in [0.717, 1.165) is 28.5 Å². The summed E-state index contributed by atoms with van der Waals surface area (Å²) in [5, 5.41) is 3.41. The van der Waals surface area contributed by atoms with Crippen LogP contribution in [-0.2, 0) is 34.0 Å². The number of nitrogens with zero attached hydrogens (tertiary/aromatic N) is 2. The first-order valence-corrected chi connectivity index (χ1v) is 8.92. The minimum Gasteiger partial charge on any atom is -0.298 e. The summed E-state index contributed by atoms with van der Waals surface area (Å²) in [5.41, 5.74) is 1.64. The molecule has 108 valence electrons. The number of halogens is 1. The van der Waals surface area contributed by atoms with Crippen molar-refractivity contribution >= 4 is 31.6 Å². The maximum atomic E-state index is 12.0. The Bertz CT molecular complexity index is 578. The molecule has 1 atom stereocenters. The average molecular weight is 351 g/mol. The van der Waals surface area contributed by atoms with Gasteiger partial charge < -0.3 is 0 Å². The number of aromatic nitrogens is 2. The Morgan fingerprint density at radius 1 is 1.42 bits per heavy atom. The van der Waals surface area contributed by atoms with E-state index >= 15 is 0 Å². The van der Waals surface area contributed by atoms with E-state index < -0.39 is 15.1 Å². The van der Waals surface area contributed by atoms with Crippen molar-refractivity contribution in [3.05, 3.63) is 15.9 Å². The van der Waals surface area contributed by atoms with E-state index in [1.807, 2.05) is 13.8 Å². The summed E-state index contributed by atoms with van der Waals surface area (Å²) < 4.78 is 25.4. The van der Waals surface area contributed by atoms with Gasteiger partial charge in [0.2, 0.25) is 0 Å². The largest absolute Gasteiger partial charge is 0.298 e. The molecule has 0 fully saturated rings. The van der Waals surface area contributed by atoms with Crippen molar-refractivity contribution < 1.29 is 13.2 Å². The van der Waals surface area contributed by atoms with Gasteiger partial charge >= 0.3 is 0 Å². The van der Waals surface area contributed by atoms with Crippen LogP contribution < -0.4 is 0 Å². The van der Waals surface area contributed by atoms with Gasteiger partial charge in [-0.05, 0) is 36.2 Å². The maximum absolute atomic E-state index is 12.0. The van der Waals surface area contributed by atoms with E-state index in [-0.39, 0.29) is 12.2 Å². The lowest BCUT2D eigenvalue weighted by atomic mass is 10.1. The van der Waals surface area contributed by atoms with Crippen molar-refractivity contribution in [3.8, 4) is 0 Å². The highest BCUT2D eigenvalue weighted by atomic mass is 79.9. The zero-order valence-electron chi connectivity index (χ0n) is 11.6. The van der Waals surface area contributed by atoms with Gasteiger partial charge in [-0.3, -0.25) is 9.48 Å². The second kappa shape index (κ2) is 6.17. The van der Waals surface area contributed by atoms with Gasteiger partial charge in [0.1, 0.15) is 5.25 Å². The standard InChI is InChI=1S/C12H19BrN2O3S/c1-5-9-12(13)10(15(6-2)14-9)7-11(16)8(3)19(4,17)18/h8H,5-7H2,1-4H3. The summed E-state index contributed by atoms with van der Waals surface area (Å²) in [5.74, 6) is -0.305. The summed E-state index contributed by atoms with van der Waals surface area (Å²) in [6.45, 7) is 6.00. The highest BCUT2D eigenvalue weighted by Crippen LogP contribution is 2.23. The molecule has 1 aromatic rings. The minimum absolute atomic E-state index is 0.0790. The molecule has 0 aliphatic carbocycles. The molecule has 0 spiro atoms. The lowest BCUT2D eigenvalue weighted by Gasteiger charge is -2.09. The Hall–Kier alpha value is -0.690. The van der Waals surface area contributed by atoms with Gasteiger partial charge in [0.15, 0.2) is 15.6 Å². The number of Topliss-reactive ketones (excluding diaryl/α,β-unsaturated/α-hetero) is 1. The lowest BCUT2D eigenvalue weighted by molar-refractivity contribution is -0.117. The number of aryl methyl sites for hydroxylation is 2. The van der Waals surface area contributed by atoms with Crippen molar-refractivity contribution in [1.82, 2.24) is 9.78 Å². The summed E-state index contributed by atoms with van der Waals surface area (Å²) in [7, 11) is -3.35. The zero-order valence-corrected chi connectivity index (χ0v) is 14.0. The maximum Gasteiger partial charge on any atom is 0.157 e. The molecule has 1 unspecified atom stereocenters.